The number of carbonyl (C=O) groups is 2. The number of fused-ring (bicyclic) bond motifs is 4. The minimum Gasteiger partial charge on any atom is -0.350 e. The molecule has 10 nitrogen and oxygen atoms in total. The molecule has 10 atom stereocenters. The largest absolute Gasteiger partial charge is 0.350 e. The summed E-state index contributed by atoms with van der Waals surface area (Å²) in [4.78, 5) is 39.2. The molecule has 5 saturated heterocycles. The maximum Gasteiger partial charge on any atom is 0.228 e. The van der Waals surface area contributed by atoms with Crippen LogP contribution >= 0.6 is 0 Å². The van der Waals surface area contributed by atoms with E-state index in [-0.39, 0.29) is 35.7 Å². The number of alkyl halides is 2. The van der Waals surface area contributed by atoms with Gasteiger partial charge >= 0.3 is 0 Å². The molecular weight excluding hydrogens is 602 g/mol. The second-order valence-corrected chi connectivity index (χ2v) is 15.5. The SMILES string of the molecule is CCCCC1(CC)CC2N=CC(F)CCC1NC(N)C2C(=O)NC1CNCC(F)C1N1CCC(C(=O)N2CCN3CCCC3C2)CC1. The summed E-state index contributed by atoms with van der Waals surface area (Å²) in [5.74, 6) is -0.712. The lowest BCUT2D eigenvalue weighted by atomic mass is 9.68. The second-order valence-electron chi connectivity index (χ2n) is 15.5. The van der Waals surface area contributed by atoms with Crippen LogP contribution in [0.2, 0.25) is 0 Å². The predicted molar refractivity (Wildman–Crippen MR) is 181 cm³/mol. The molecule has 0 aromatic heterocycles. The summed E-state index contributed by atoms with van der Waals surface area (Å²) in [6.07, 6.45) is 7.96. The molecule has 0 saturated carbocycles. The first-order valence-electron chi connectivity index (χ1n) is 18.8. The van der Waals surface area contributed by atoms with Gasteiger partial charge in [0.05, 0.1) is 30.2 Å². The van der Waals surface area contributed by atoms with Crippen molar-refractivity contribution in [3.63, 3.8) is 0 Å². The molecule has 2 bridgehead atoms. The number of nitrogens with one attached hydrogen (secondary N) is 3. The normalized spacial score (nSPS) is 40.7. The molecule has 5 fully saturated rings. The summed E-state index contributed by atoms with van der Waals surface area (Å²) < 4.78 is 30.6. The van der Waals surface area contributed by atoms with Crippen molar-refractivity contribution < 1.29 is 18.4 Å². The van der Waals surface area contributed by atoms with Crippen molar-refractivity contribution >= 4 is 18.0 Å². The maximum atomic E-state index is 15.8. The number of amides is 2. The highest BCUT2D eigenvalue weighted by Gasteiger charge is 2.50. The van der Waals surface area contributed by atoms with E-state index in [2.05, 4.69) is 44.5 Å². The average Bonchev–Trinajstić information content (AvgIpc) is 3.52. The van der Waals surface area contributed by atoms with Gasteiger partial charge < -0.3 is 21.3 Å². The summed E-state index contributed by atoms with van der Waals surface area (Å²) in [7, 11) is 0. The molecule has 6 heterocycles. The van der Waals surface area contributed by atoms with Crippen LogP contribution in [0, 0.1) is 17.3 Å². The van der Waals surface area contributed by atoms with E-state index in [4.69, 9.17) is 10.7 Å². The van der Waals surface area contributed by atoms with Crippen LogP contribution in [0.15, 0.2) is 4.99 Å². The molecule has 5 N–H and O–H groups in total. The number of piperazine rings is 1. The van der Waals surface area contributed by atoms with Gasteiger partial charge in [0.1, 0.15) is 12.3 Å². The van der Waals surface area contributed by atoms with Gasteiger partial charge in [-0.2, -0.15) is 0 Å². The Morgan fingerprint density at radius 3 is 2.60 bits per heavy atom. The number of hydrogen-bond acceptors (Lipinski definition) is 8. The van der Waals surface area contributed by atoms with Crippen molar-refractivity contribution in [2.75, 3.05) is 52.4 Å². The average molecular weight is 663 g/mol. The number of nitrogens with two attached hydrogens (primary N) is 1. The van der Waals surface area contributed by atoms with Gasteiger partial charge in [-0.3, -0.25) is 29.7 Å². The van der Waals surface area contributed by atoms with E-state index >= 15 is 4.39 Å². The van der Waals surface area contributed by atoms with Gasteiger partial charge in [0.2, 0.25) is 11.8 Å². The molecule has 6 aliphatic rings. The van der Waals surface area contributed by atoms with E-state index in [1.165, 1.54) is 19.1 Å². The van der Waals surface area contributed by atoms with Crippen LogP contribution in [-0.2, 0) is 9.59 Å². The predicted octanol–water partition coefficient (Wildman–Crippen LogP) is 2.22. The summed E-state index contributed by atoms with van der Waals surface area (Å²) >= 11 is 0. The molecule has 0 spiro atoms. The number of carbonyl (C=O) groups excluding carboxylic acids is 2. The first-order valence-corrected chi connectivity index (χ1v) is 18.8. The summed E-state index contributed by atoms with van der Waals surface area (Å²) in [6, 6.07) is -0.901. The molecule has 0 aromatic rings. The number of piperidine rings is 2. The van der Waals surface area contributed by atoms with E-state index < -0.39 is 42.6 Å². The minimum atomic E-state index is -1.16. The quantitative estimate of drug-likeness (QED) is 0.315. The molecule has 10 unspecified atom stereocenters. The fraction of sp³-hybridized carbons (Fsp3) is 0.914. The van der Waals surface area contributed by atoms with Gasteiger partial charge in [-0.1, -0.05) is 26.7 Å². The lowest BCUT2D eigenvalue weighted by molar-refractivity contribution is -0.140. The fourth-order valence-corrected chi connectivity index (χ4v) is 9.95. The zero-order chi connectivity index (χ0) is 33.1. The third-order valence-corrected chi connectivity index (χ3v) is 12.8. The molecule has 266 valence electrons. The molecule has 2 amide bonds. The third-order valence-electron chi connectivity index (χ3n) is 12.8. The number of aliphatic imine (C=N–C) groups is 1. The van der Waals surface area contributed by atoms with Gasteiger partial charge in [-0.05, 0) is 82.8 Å². The van der Waals surface area contributed by atoms with Crippen LogP contribution in [0.3, 0.4) is 0 Å². The van der Waals surface area contributed by atoms with Gasteiger partial charge in [0.25, 0.3) is 0 Å². The Labute approximate surface area is 280 Å². The molecule has 0 radical (unpaired) electrons. The van der Waals surface area contributed by atoms with Crippen molar-refractivity contribution in [3.05, 3.63) is 0 Å². The highest BCUT2D eigenvalue weighted by atomic mass is 19.1. The lowest BCUT2D eigenvalue weighted by Crippen LogP contribution is -2.67. The number of hydrogen-bond donors (Lipinski definition) is 4. The lowest BCUT2D eigenvalue weighted by Gasteiger charge is -2.46. The monoisotopic (exact) mass is 662 g/mol. The van der Waals surface area contributed by atoms with Crippen molar-refractivity contribution in [1.82, 2.24) is 30.7 Å². The number of halogens is 2. The van der Waals surface area contributed by atoms with Crippen LogP contribution < -0.4 is 21.7 Å². The Balaban J connectivity index is 1.13. The van der Waals surface area contributed by atoms with E-state index in [9.17, 15) is 14.0 Å². The number of rotatable bonds is 8. The number of unbranched alkanes of at least 4 members (excludes halogenated alkanes) is 1. The van der Waals surface area contributed by atoms with E-state index in [0.717, 1.165) is 51.9 Å². The number of likely N-dealkylation sites (tertiary alicyclic amines) is 1. The van der Waals surface area contributed by atoms with Crippen molar-refractivity contribution in [1.29, 1.82) is 0 Å². The standard InChI is InChI=1S/C35H60F2N8O2/c1-3-5-12-35(4-2)18-27-30(32(38)42-29(35)9-8-24(36)19-40-27)33(46)41-28-21-39-20-26(37)31(28)44-14-10-23(11-15-44)34(47)45-17-16-43-13-6-7-25(43)22-45/h19,23-32,39,42H,3-18,20-22,38H2,1-2H3,(H,41,46). The smallest absolute Gasteiger partial charge is 0.228 e. The summed E-state index contributed by atoms with van der Waals surface area (Å²) in [5, 5.41) is 9.99. The molecule has 0 aromatic carbocycles. The molecule has 6 rings (SSSR count). The molecule has 6 aliphatic heterocycles. The van der Waals surface area contributed by atoms with Gasteiger partial charge in [0.15, 0.2) is 0 Å². The Kier molecular flexibility index (Phi) is 11.5. The zero-order valence-corrected chi connectivity index (χ0v) is 28.7. The van der Waals surface area contributed by atoms with Crippen LogP contribution in [0.25, 0.3) is 0 Å². The number of nitrogens with zero attached hydrogens (tertiary/aromatic N) is 4. The summed E-state index contributed by atoms with van der Waals surface area (Å²) in [5.41, 5.74) is 6.67. The molecule has 0 aliphatic carbocycles. The third kappa shape index (κ3) is 7.56. The highest BCUT2D eigenvalue weighted by Crippen LogP contribution is 2.45. The maximum absolute atomic E-state index is 15.8. The van der Waals surface area contributed by atoms with Gasteiger partial charge in [0, 0.05) is 56.9 Å². The minimum absolute atomic E-state index is 0.000314. The second kappa shape index (κ2) is 15.4. The molecule has 47 heavy (non-hydrogen) atoms. The zero-order valence-electron chi connectivity index (χ0n) is 28.7. The molecule has 12 heteroatoms. The van der Waals surface area contributed by atoms with Crippen LogP contribution in [-0.4, -0.2) is 134 Å². The van der Waals surface area contributed by atoms with Crippen molar-refractivity contribution in [2.45, 2.75) is 133 Å². The van der Waals surface area contributed by atoms with Crippen molar-refractivity contribution in [3.8, 4) is 0 Å². The topological polar surface area (TPSA) is 118 Å². The van der Waals surface area contributed by atoms with E-state index in [0.29, 0.717) is 57.8 Å². The van der Waals surface area contributed by atoms with Gasteiger partial charge in [-0.25, -0.2) is 8.78 Å². The highest BCUT2D eigenvalue weighted by molar-refractivity contribution is 5.81. The van der Waals surface area contributed by atoms with Crippen LogP contribution in [0.1, 0.15) is 84.5 Å². The Bertz CT molecular complexity index is 1110. The Morgan fingerprint density at radius 1 is 1.02 bits per heavy atom. The van der Waals surface area contributed by atoms with Crippen LogP contribution in [0.5, 0.6) is 0 Å². The van der Waals surface area contributed by atoms with E-state index in [1.54, 1.807) is 0 Å². The van der Waals surface area contributed by atoms with Gasteiger partial charge in [-0.15, -0.1) is 0 Å². The van der Waals surface area contributed by atoms with Crippen molar-refractivity contribution in [2.24, 2.45) is 28.0 Å². The first kappa shape index (κ1) is 35.1. The Morgan fingerprint density at radius 2 is 1.83 bits per heavy atom. The summed E-state index contributed by atoms with van der Waals surface area (Å²) in [6.45, 7) is 10.1. The first-order chi connectivity index (χ1) is 22.7. The Hall–Kier alpha value is -1.73. The molecular formula is C35H60F2N8O2. The van der Waals surface area contributed by atoms with Crippen LogP contribution in [0.4, 0.5) is 8.78 Å². The fourth-order valence-electron chi connectivity index (χ4n) is 9.95. The van der Waals surface area contributed by atoms with E-state index in [1.807, 2.05) is 0 Å².